The van der Waals surface area contributed by atoms with Crippen molar-refractivity contribution in [2.24, 2.45) is 0 Å². The molecule has 2 unspecified atom stereocenters. The molecule has 0 aliphatic rings. The molecular weight excluding hydrogens is 1040 g/mol. The number of aliphatic hydroxyl groups is 2. The second-order valence-electron chi connectivity index (χ2n) is 27.0. The van der Waals surface area contributed by atoms with Crippen molar-refractivity contribution in [3.63, 3.8) is 0 Å². The maximum Gasteiger partial charge on any atom is 0.305 e. The van der Waals surface area contributed by atoms with Crippen molar-refractivity contribution in [1.82, 2.24) is 5.32 Å². The van der Waals surface area contributed by atoms with Gasteiger partial charge in [0.05, 0.1) is 25.4 Å². The maximum absolute atomic E-state index is 12.5. The predicted octanol–water partition coefficient (Wildman–Crippen LogP) is 25.7. The normalized spacial score (nSPS) is 12.6. The zero-order chi connectivity index (χ0) is 61.3. The molecule has 0 radical (unpaired) electrons. The molecule has 0 spiro atoms. The van der Waals surface area contributed by atoms with Crippen molar-refractivity contribution in [1.29, 1.82) is 0 Å². The van der Waals surface area contributed by atoms with Crippen LogP contribution in [-0.4, -0.2) is 47.4 Å². The number of hydrogen-bond acceptors (Lipinski definition) is 5. The first-order valence-corrected chi connectivity index (χ1v) is 39.1. The van der Waals surface area contributed by atoms with Crippen LogP contribution in [0.5, 0.6) is 0 Å². The molecule has 0 aliphatic heterocycles. The van der Waals surface area contributed by atoms with Gasteiger partial charge >= 0.3 is 5.97 Å². The Balaban J connectivity index is 3.34. The molecule has 0 fully saturated rings. The number of allylic oxidation sites excluding steroid dienone is 4. The highest BCUT2D eigenvalue weighted by atomic mass is 16.5. The molecule has 0 bridgehead atoms. The van der Waals surface area contributed by atoms with Crippen LogP contribution in [0.25, 0.3) is 0 Å². The summed E-state index contributed by atoms with van der Waals surface area (Å²) in [5, 5.41) is 23.3. The minimum Gasteiger partial charge on any atom is -0.466 e. The second kappa shape index (κ2) is 74.8. The first kappa shape index (κ1) is 83.3. The third kappa shape index (κ3) is 71.3. The second-order valence-corrected chi connectivity index (χ2v) is 27.0. The molecular formula is C79H153NO5. The molecule has 0 heterocycles. The molecule has 0 aromatic rings. The van der Waals surface area contributed by atoms with Gasteiger partial charge in [-0.2, -0.15) is 0 Å². The average molecular weight is 1200 g/mol. The van der Waals surface area contributed by atoms with Crippen molar-refractivity contribution in [3.8, 4) is 0 Å². The standard InChI is InChI=1S/C79H153NO5/c1-3-5-7-9-11-13-15-17-19-20-38-42-45-49-53-57-61-65-69-73-79(84)85-74-70-66-62-58-54-50-46-43-40-37-35-33-31-29-27-25-23-21-22-24-26-28-30-32-34-36-39-41-44-48-52-56-60-64-68-72-78(83)80-76(75-81)77(82)71-67-63-59-55-51-47-18-16-14-12-10-8-6-4-2/h23,25,29,31,76-77,81-82H,3-22,24,26-28,30,32-75H2,1-2H3,(H,80,83)/b25-23-,31-29-. The van der Waals surface area contributed by atoms with Crippen LogP contribution in [0.15, 0.2) is 24.3 Å². The number of aliphatic hydroxyl groups excluding tert-OH is 2. The van der Waals surface area contributed by atoms with Gasteiger partial charge in [0.15, 0.2) is 0 Å². The van der Waals surface area contributed by atoms with E-state index in [1.165, 1.54) is 366 Å². The number of ether oxygens (including phenoxy) is 1. The smallest absolute Gasteiger partial charge is 0.305 e. The minimum absolute atomic E-state index is 0.0225. The summed E-state index contributed by atoms with van der Waals surface area (Å²) in [7, 11) is 0. The Morgan fingerprint density at radius 3 is 0.894 bits per heavy atom. The molecule has 0 saturated carbocycles. The zero-order valence-corrected chi connectivity index (χ0v) is 57.9. The fourth-order valence-electron chi connectivity index (χ4n) is 12.6. The SMILES string of the molecule is CCCCCCCCCCCCCCCCCCCCCC(=O)OCCCCCCCCCCCCC/C=C\C/C=C\CCCCCCCCCCCCCCCCCCCC(=O)NC(CO)C(O)CCCCCCCCCCCCCCCC. The Bertz CT molecular complexity index is 1330. The van der Waals surface area contributed by atoms with Gasteiger partial charge in [0.1, 0.15) is 0 Å². The van der Waals surface area contributed by atoms with Gasteiger partial charge < -0.3 is 20.3 Å². The lowest BCUT2D eigenvalue weighted by Crippen LogP contribution is -2.45. The molecule has 2 atom stereocenters. The Hall–Kier alpha value is -1.66. The lowest BCUT2D eigenvalue weighted by Gasteiger charge is -2.22. The topological polar surface area (TPSA) is 95.9 Å². The molecule has 6 heteroatoms. The van der Waals surface area contributed by atoms with Gasteiger partial charge in [0, 0.05) is 12.8 Å². The number of hydrogen-bond donors (Lipinski definition) is 3. The van der Waals surface area contributed by atoms with Crippen LogP contribution < -0.4 is 5.32 Å². The highest BCUT2D eigenvalue weighted by molar-refractivity contribution is 5.76. The first-order chi connectivity index (χ1) is 42.0. The Morgan fingerprint density at radius 2 is 0.588 bits per heavy atom. The maximum atomic E-state index is 12.5. The Kier molecular flexibility index (Phi) is 73.3. The van der Waals surface area contributed by atoms with E-state index in [0.29, 0.717) is 25.9 Å². The van der Waals surface area contributed by atoms with Crippen LogP contribution in [0.4, 0.5) is 0 Å². The van der Waals surface area contributed by atoms with E-state index in [1.807, 2.05) is 0 Å². The monoisotopic (exact) mass is 1200 g/mol. The molecule has 1 amide bonds. The number of carbonyl (C=O) groups is 2. The molecule has 504 valence electrons. The van der Waals surface area contributed by atoms with Gasteiger partial charge in [-0.05, 0) is 57.8 Å². The van der Waals surface area contributed by atoms with E-state index < -0.39 is 12.1 Å². The average Bonchev–Trinajstić information content (AvgIpc) is 3.51. The summed E-state index contributed by atoms with van der Waals surface area (Å²) in [4.78, 5) is 24.6. The summed E-state index contributed by atoms with van der Waals surface area (Å²) in [5.74, 6) is -0.00712. The lowest BCUT2D eigenvalue weighted by atomic mass is 10.0. The summed E-state index contributed by atoms with van der Waals surface area (Å²) >= 11 is 0. The highest BCUT2D eigenvalue weighted by Crippen LogP contribution is 2.20. The molecule has 85 heavy (non-hydrogen) atoms. The summed E-state index contributed by atoms with van der Waals surface area (Å²) in [6.45, 7) is 5.00. The zero-order valence-electron chi connectivity index (χ0n) is 57.9. The van der Waals surface area contributed by atoms with Crippen molar-refractivity contribution < 1.29 is 24.5 Å². The van der Waals surface area contributed by atoms with Crippen molar-refractivity contribution >= 4 is 11.9 Å². The van der Waals surface area contributed by atoms with E-state index in [1.54, 1.807) is 0 Å². The minimum atomic E-state index is -0.662. The van der Waals surface area contributed by atoms with Crippen molar-refractivity contribution in [2.45, 2.75) is 456 Å². The summed E-state index contributed by atoms with van der Waals surface area (Å²) < 4.78 is 5.52. The summed E-state index contributed by atoms with van der Waals surface area (Å²) in [5.41, 5.74) is 0. The third-order valence-corrected chi connectivity index (χ3v) is 18.5. The quantitative estimate of drug-likeness (QED) is 0.0320. The largest absolute Gasteiger partial charge is 0.466 e. The van der Waals surface area contributed by atoms with Crippen LogP contribution >= 0.6 is 0 Å². The Labute approximate surface area is 532 Å². The van der Waals surface area contributed by atoms with Crippen LogP contribution in [0.2, 0.25) is 0 Å². The van der Waals surface area contributed by atoms with E-state index in [4.69, 9.17) is 4.74 Å². The highest BCUT2D eigenvalue weighted by Gasteiger charge is 2.20. The molecule has 3 N–H and O–H groups in total. The number of amides is 1. The van der Waals surface area contributed by atoms with E-state index in [0.717, 1.165) is 44.9 Å². The molecule has 0 saturated heterocycles. The first-order valence-electron chi connectivity index (χ1n) is 39.1. The Morgan fingerprint density at radius 1 is 0.329 bits per heavy atom. The fourth-order valence-corrected chi connectivity index (χ4v) is 12.6. The van der Waals surface area contributed by atoms with Crippen LogP contribution in [0.1, 0.15) is 444 Å². The number of nitrogens with one attached hydrogen (secondary N) is 1. The summed E-state index contributed by atoms with van der Waals surface area (Å²) in [6, 6.07) is -0.539. The number of rotatable bonds is 74. The molecule has 6 nitrogen and oxygen atoms in total. The molecule has 0 aliphatic carbocycles. The van der Waals surface area contributed by atoms with Crippen LogP contribution in [0.3, 0.4) is 0 Å². The predicted molar refractivity (Wildman–Crippen MR) is 375 cm³/mol. The van der Waals surface area contributed by atoms with E-state index >= 15 is 0 Å². The van der Waals surface area contributed by atoms with E-state index in [-0.39, 0.29) is 18.5 Å². The van der Waals surface area contributed by atoms with Gasteiger partial charge in [0.25, 0.3) is 0 Å². The summed E-state index contributed by atoms with van der Waals surface area (Å²) in [6.07, 6.45) is 95.6. The van der Waals surface area contributed by atoms with Crippen molar-refractivity contribution in [3.05, 3.63) is 24.3 Å². The van der Waals surface area contributed by atoms with Gasteiger partial charge in [0.2, 0.25) is 5.91 Å². The number of unbranched alkanes of at least 4 members (excludes halogenated alkanes) is 59. The van der Waals surface area contributed by atoms with Gasteiger partial charge in [-0.15, -0.1) is 0 Å². The van der Waals surface area contributed by atoms with Gasteiger partial charge in [-0.1, -0.05) is 398 Å². The number of esters is 1. The number of carbonyl (C=O) groups excluding carboxylic acids is 2. The molecule has 0 rings (SSSR count). The molecule has 0 aromatic heterocycles. The van der Waals surface area contributed by atoms with Crippen LogP contribution in [0, 0.1) is 0 Å². The lowest BCUT2D eigenvalue weighted by molar-refractivity contribution is -0.143. The van der Waals surface area contributed by atoms with E-state index in [2.05, 4.69) is 43.5 Å². The van der Waals surface area contributed by atoms with Crippen LogP contribution in [-0.2, 0) is 14.3 Å². The molecule has 0 aromatic carbocycles. The van der Waals surface area contributed by atoms with Gasteiger partial charge in [-0.3, -0.25) is 9.59 Å². The fraction of sp³-hybridized carbons (Fsp3) is 0.924. The third-order valence-electron chi connectivity index (χ3n) is 18.5. The van der Waals surface area contributed by atoms with E-state index in [9.17, 15) is 19.8 Å². The van der Waals surface area contributed by atoms with Gasteiger partial charge in [-0.25, -0.2) is 0 Å². The van der Waals surface area contributed by atoms with Crippen molar-refractivity contribution in [2.75, 3.05) is 13.2 Å².